The SMILES string of the molecule is Bc1cc(C2C(/C(N)=N/O)=C(N)Oc3c2ccc2ccccc32)cc(OC)c1OC. The second-order valence-corrected chi connectivity index (χ2v) is 7.08. The van der Waals surface area contributed by atoms with E-state index in [0.29, 0.717) is 22.8 Å². The van der Waals surface area contributed by atoms with Crippen LogP contribution in [0.5, 0.6) is 17.2 Å². The molecular weight excluding hydrogens is 381 g/mol. The second kappa shape index (κ2) is 7.55. The molecule has 7 nitrogen and oxygen atoms in total. The Balaban J connectivity index is 2.03. The van der Waals surface area contributed by atoms with Crippen molar-refractivity contribution in [3.05, 3.63) is 71.1 Å². The average molecular weight is 403 g/mol. The van der Waals surface area contributed by atoms with Gasteiger partial charge in [-0.3, -0.25) is 0 Å². The van der Waals surface area contributed by atoms with Crippen molar-refractivity contribution in [1.82, 2.24) is 0 Å². The van der Waals surface area contributed by atoms with Gasteiger partial charge in [0.15, 0.2) is 23.2 Å². The van der Waals surface area contributed by atoms with Crippen LogP contribution in [0.2, 0.25) is 0 Å². The summed E-state index contributed by atoms with van der Waals surface area (Å²) in [7, 11) is 5.11. The third kappa shape index (κ3) is 2.97. The predicted octanol–water partition coefficient (Wildman–Crippen LogP) is 1.56. The van der Waals surface area contributed by atoms with Gasteiger partial charge in [0.25, 0.3) is 0 Å². The zero-order chi connectivity index (χ0) is 21.4. The molecule has 1 atom stereocenters. The summed E-state index contributed by atoms with van der Waals surface area (Å²) in [4.78, 5) is 0. The van der Waals surface area contributed by atoms with Gasteiger partial charge in [0.05, 0.1) is 19.8 Å². The van der Waals surface area contributed by atoms with Crippen LogP contribution in [0.15, 0.2) is 65.1 Å². The van der Waals surface area contributed by atoms with Crippen molar-refractivity contribution in [3.8, 4) is 17.2 Å². The zero-order valence-electron chi connectivity index (χ0n) is 17.0. The first-order valence-electron chi connectivity index (χ1n) is 9.39. The molecular formula is C22H22BN3O4. The van der Waals surface area contributed by atoms with Crippen LogP contribution in [0.1, 0.15) is 17.0 Å². The van der Waals surface area contributed by atoms with Gasteiger partial charge in [0.2, 0.25) is 0 Å². The second-order valence-electron chi connectivity index (χ2n) is 7.08. The number of benzene rings is 3. The first kappa shape index (κ1) is 19.5. The molecule has 152 valence electrons. The van der Waals surface area contributed by atoms with Crippen molar-refractivity contribution in [2.75, 3.05) is 14.2 Å². The quantitative estimate of drug-likeness (QED) is 0.200. The van der Waals surface area contributed by atoms with Gasteiger partial charge >= 0.3 is 0 Å². The summed E-state index contributed by atoms with van der Waals surface area (Å²) in [5.41, 5.74) is 15.3. The van der Waals surface area contributed by atoms with Gasteiger partial charge in [0, 0.05) is 16.9 Å². The van der Waals surface area contributed by atoms with Crippen molar-refractivity contribution < 1.29 is 19.4 Å². The highest BCUT2D eigenvalue weighted by atomic mass is 16.5. The molecule has 0 bridgehead atoms. The summed E-state index contributed by atoms with van der Waals surface area (Å²) in [5, 5.41) is 14.5. The van der Waals surface area contributed by atoms with E-state index in [1.165, 1.54) is 0 Å². The number of fused-ring (bicyclic) bond motifs is 3. The summed E-state index contributed by atoms with van der Waals surface area (Å²) in [6.07, 6.45) is 0. The van der Waals surface area contributed by atoms with Crippen LogP contribution < -0.4 is 31.1 Å². The van der Waals surface area contributed by atoms with E-state index in [1.54, 1.807) is 14.2 Å². The number of nitrogens with zero attached hydrogens (tertiary/aromatic N) is 1. The van der Waals surface area contributed by atoms with Crippen molar-refractivity contribution in [2.24, 2.45) is 16.6 Å². The topological polar surface area (TPSA) is 112 Å². The summed E-state index contributed by atoms with van der Waals surface area (Å²) in [6.45, 7) is 0. The predicted molar refractivity (Wildman–Crippen MR) is 119 cm³/mol. The van der Waals surface area contributed by atoms with E-state index in [-0.39, 0.29) is 11.7 Å². The molecule has 3 aromatic rings. The Morgan fingerprint density at radius 3 is 2.60 bits per heavy atom. The molecule has 0 radical (unpaired) electrons. The molecule has 0 fully saturated rings. The largest absolute Gasteiger partial charge is 0.493 e. The average Bonchev–Trinajstić information content (AvgIpc) is 2.76. The molecule has 0 spiro atoms. The summed E-state index contributed by atoms with van der Waals surface area (Å²) >= 11 is 0. The number of ether oxygens (including phenoxy) is 3. The molecule has 1 aliphatic heterocycles. The summed E-state index contributed by atoms with van der Waals surface area (Å²) < 4.78 is 17.0. The lowest BCUT2D eigenvalue weighted by atomic mass is 9.79. The van der Waals surface area contributed by atoms with E-state index in [9.17, 15) is 5.21 Å². The minimum absolute atomic E-state index is 0.0894. The third-order valence-electron chi connectivity index (χ3n) is 5.39. The van der Waals surface area contributed by atoms with Crippen molar-refractivity contribution in [2.45, 2.75) is 5.92 Å². The number of nitrogens with two attached hydrogens (primary N) is 2. The van der Waals surface area contributed by atoms with Crippen LogP contribution in [0.4, 0.5) is 0 Å². The lowest BCUT2D eigenvalue weighted by Gasteiger charge is -2.30. The standard InChI is InChI=1S/C22H22BN3O4/c1-28-16-10-12(9-15(23)20(16)29-2)17-14-8-7-11-5-3-4-6-13(11)19(14)30-22(25)18(17)21(24)26-27/h3-10,17,27H,23,25H2,1-2H3,(H2,24,26). The van der Waals surface area contributed by atoms with E-state index in [4.69, 9.17) is 25.7 Å². The maximum atomic E-state index is 9.40. The summed E-state index contributed by atoms with van der Waals surface area (Å²) in [6, 6.07) is 15.7. The molecule has 1 heterocycles. The molecule has 0 amide bonds. The number of hydrogen-bond donors (Lipinski definition) is 3. The first-order chi connectivity index (χ1) is 14.5. The zero-order valence-corrected chi connectivity index (χ0v) is 17.0. The highest BCUT2D eigenvalue weighted by Gasteiger charge is 2.34. The maximum absolute atomic E-state index is 9.40. The number of hydrogen-bond acceptors (Lipinski definition) is 6. The Labute approximate surface area is 174 Å². The maximum Gasteiger partial charge on any atom is 0.198 e. The minimum Gasteiger partial charge on any atom is -0.493 e. The fraction of sp³-hybridized carbons (Fsp3) is 0.136. The van der Waals surface area contributed by atoms with Crippen LogP contribution >= 0.6 is 0 Å². The highest BCUT2D eigenvalue weighted by Crippen LogP contribution is 2.46. The number of amidine groups is 1. The number of rotatable bonds is 4. The van der Waals surface area contributed by atoms with Gasteiger partial charge in [-0.15, -0.1) is 0 Å². The molecule has 0 aliphatic carbocycles. The van der Waals surface area contributed by atoms with Crippen LogP contribution in [-0.2, 0) is 0 Å². The lowest BCUT2D eigenvalue weighted by molar-refractivity contribution is 0.317. The fourth-order valence-corrected chi connectivity index (χ4v) is 4.09. The molecule has 0 aromatic heterocycles. The van der Waals surface area contributed by atoms with E-state index >= 15 is 0 Å². The smallest absolute Gasteiger partial charge is 0.198 e. The molecule has 4 rings (SSSR count). The van der Waals surface area contributed by atoms with Gasteiger partial charge < -0.3 is 30.9 Å². The van der Waals surface area contributed by atoms with E-state index < -0.39 is 5.92 Å². The Morgan fingerprint density at radius 1 is 1.13 bits per heavy atom. The van der Waals surface area contributed by atoms with Crippen LogP contribution in [0.25, 0.3) is 10.8 Å². The van der Waals surface area contributed by atoms with Crippen LogP contribution in [-0.4, -0.2) is 33.1 Å². The van der Waals surface area contributed by atoms with Crippen molar-refractivity contribution in [1.29, 1.82) is 0 Å². The molecule has 1 unspecified atom stereocenters. The van der Waals surface area contributed by atoms with Crippen LogP contribution in [0.3, 0.4) is 0 Å². The number of methoxy groups -OCH3 is 2. The molecule has 5 N–H and O–H groups in total. The highest BCUT2D eigenvalue weighted by molar-refractivity contribution is 6.34. The third-order valence-corrected chi connectivity index (χ3v) is 5.39. The minimum atomic E-state index is -0.423. The molecule has 0 saturated heterocycles. The van der Waals surface area contributed by atoms with Gasteiger partial charge in [-0.2, -0.15) is 0 Å². The van der Waals surface area contributed by atoms with Crippen LogP contribution in [0, 0.1) is 0 Å². The Hall–Kier alpha value is -3.81. The van der Waals surface area contributed by atoms with Gasteiger partial charge in [0.1, 0.15) is 13.6 Å². The van der Waals surface area contributed by atoms with Crippen molar-refractivity contribution in [3.63, 3.8) is 0 Å². The normalized spacial score (nSPS) is 16.2. The molecule has 3 aromatic carbocycles. The van der Waals surface area contributed by atoms with Gasteiger partial charge in [-0.25, -0.2) is 0 Å². The van der Waals surface area contributed by atoms with Gasteiger partial charge in [-0.05, 0) is 22.5 Å². The first-order valence-corrected chi connectivity index (χ1v) is 9.39. The fourth-order valence-electron chi connectivity index (χ4n) is 4.09. The number of oxime groups is 1. The molecule has 30 heavy (non-hydrogen) atoms. The van der Waals surface area contributed by atoms with Gasteiger partial charge in [-0.1, -0.05) is 47.6 Å². The molecule has 0 saturated carbocycles. The van der Waals surface area contributed by atoms with E-state index in [1.807, 2.05) is 56.4 Å². The Morgan fingerprint density at radius 2 is 1.90 bits per heavy atom. The van der Waals surface area contributed by atoms with Crippen molar-refractivity contribution >= 4 is 29.9 Å². The van der Waals surface area contributed by atoms with E-state index in [2.05, 4.69) is 5.16 Å². The van der Waals surface area contributed by atoms with E-state index in [0.717, 1.165) is 27.4 Å². The molecule has 1 aliphatic rings. The molecule has 8 heteroatoms. The summed E-state index contributed by atoms with van der Waals surface area (Å²) in [5.74, 6) is 1.44. The Bertz CT molecular complexity index is 1210. The monoisotopic (exact) mass is 403 g/mol. The Kier molecular flexibility index (Phi) is 4.91. The lowest BCUT2D eigenvalue weighted by Crippen LogP contribution is -2.30.